The Morgan fingerprint density at radius 3 is 2.44 bits per heavy atom. The summed E-state index contributed by atoms with van der Waals surface area (Å²) in [6.07, 6.45) is 4.52. The number of rotatable bonds is 3. The first-order valence-corrected chi connectivity index (χ1v) is 6.26. The largest absolute Gasteiger partial charge is 0.463 e. The lowest BCUT2D eigenvalue weighted by molar-refractivity contribution is -0.155. The molecule has 2 amide bonds. The van der Waals surface area contributed by atoms with Crippen molar-refractivity contribution in [3.63, 3.8) is 0 Å². The fourth-order valence-corrected chi connectivity index (χ4v) is 2.58. The SMILES string of the molecule is CC(C)OC(=O)[C@H]1CCC[C@@H]1N1C(=O)C=CC1=O. The molecule has 5 nitrogen and oxygen atoms in total. The molecule has 2 aliphatic rings. The highest BCUT2D eigenvalue weighted by Crippen LogP contribution is 2.32. The van der Waals surface area contributed by atoms with Crippen molar-refractivity contribution in [2.24, 2.45) is 5.92 Å². The third-order valence-corrected chi connectivity index (χ3v) is 3.31. The minimum absolute atomic E-state index is 0.179. The van der Waals surface area contributed by atoms with E-state index in [1.54, 1.807) is 13.8 Å². The van der Waals surface area contributed by atoms with E-state index < -0.39 is 0 Å². The second-order valence-electron chi connectivity index (χ2n) is 4.97. The van der Waals surface area contributed by atoms with Gasteiger partial charge in [0.2, 0.25) is 0 Å². The summed E-state index contributed by atoms with van der Waals surface area (Å²) < 4.78 is 5.19. The molecule has 98 valence electrons. The third kappa shape index (κ3) is 2.30. The molecule has 2 atom stereocenters. The summed E-state index contributed by atoms with van der Waals surface area (Å²) in [5.41, 5.74) is 0. The first kappa shape index (κ1) is 12.8. The van der Waals surface area contributed by atoms with Gasteiger partial charge in [0.05, 0.1) is 18.1 Å². The molecule has 2 rings (SSSR count). The van der Waals surface area contributed by atoms with E-state index in [1.807, 2.05) is 0 Å². The van der Waals surface area contributed by atoms with Gasteiger partial charge in [-0.1, -0.05) is 6.42 Å². The lowest BCUT2D eigenvalue weighted by Crippen LogP contribution is -2.44. The predicted molar refractivity (Wildman–Crippen MR) is 63.4 cm³/mol. The molecule has 0 aromatic carbocycles. The molecule has 1 heterocycles. The van der Waals surface area contributed by atoms with Crippen molar-refractivity contribution in [2.45, 2.75) is 45.3 Å². The maximum absolute atomic E-state index is 11.9. The molecule has 0 saturated heterocycles. The molecule has 0 aromatic rings. The van der Waals surface area contributed by atoms with E-state index >= 15 is 0 Å². The highest BCUT2D eigenvalue weighted by atomic mass is 16.5. The lowest BCUT2D eigenvalue weighted by Gasteiger charge is -2.27. The number of ether oxygens (including phenoxy) is 1. The smallest absolute Gasteiger partial charge is 0.311 e. The van der Waals surface area contributed by atoms with E-state index in [4.69, 9.17) is 4.74 Å². The van der Waals surface area contributed by atoms with Crippen LogP contribution in [0, 0.1) is 5.92 Å². The number of esters is 1. The Labute approximate surface area is 106 Å². The number of nitrogens with zero attached hydrogens (tertiary/aromatic N) is 1. The van der Waals surface area contributed by atoms with Gasteiger partial charge in [-0.15, -0.1) is 0 Å². The summed E-state index contributed by atoms with van der Waals surface area (Å²) in [5, 5.41) is 0. The van der Waals surface area contributed by atoms with Crippen LogP contribution in [0.15, 0.2) is 12.2 Å². The van der Waals surface area contributed by atoms with Crippen molar-refractivity contribution in [3.8, 4) is 0 Å². The van der Waals surface area contributed by atoms with Gasteiger partial charge in [-0.25, -0.2) is 0 Å². The number of carbonyl (C=O) groups excluding carboxylic acids is 3. The zero-order valence-corrected chi connectivity index (χ0v) is 10.6. The average Bonchev–Trinajstić information content (AvgIpc) is 2.84. The van der Waals surface area contributed by atoms with Gasteiger partial charge < -0.3 is 4.74 Å². The van der Waals surface area contributed by atoms with Gasteiger partial charge in [-0.2, -0.15) is 0 Å². The first-order valence-electron chi connectivity index (χ1n) is 6.26. The van der Waals surface area contributed by atoms with Crippen LogP contribution < -0.4 is 0 Å². The van der Waals surface area contributed by atoms with Gasteiger partial charge in [0.15, 0.2) is 0 Å². The monoisotopic (exact) mass is 251 g/mol. The van der Waals surface area contributed by atoms with E-state index in [-0.39, 0.29) is 35.8 Å². The quantitative estimate of drug-likeness (QED) is 0.555. The normalized spacial score (nSPS) is 27.4. The van der Waals surface area contributed by atoms with Crippen LogP contribution in [0.1, 0.15) is 33.1 Å². The van der Waals surface area contributed by atoms with Crippen LogP contribution in [0.5, 0.6) is 0 Å². The van der Waals surface area contributed by atoms with Gasteiger partial charge in [-0.05, 0) is 26.7 Å². The Bertz CT molecular complexity index is 395. The predicted octanol–water partition coefficient (Wildman–Crippen LogP) is 1.03. The van der Waals surface area contributed by atoms with Crippen molar-refractivity contribution >= 4 is 17.8 Å². The van der Waals surface area contributed by atoms with E-state index in [0.717, 1.165) is 6.42 Å². The molecule has 18 heavy (non-hydrogen) atoms. The number of carbonyl (C=O) groups is 3. The van der Waals surface area contributed by atoms with E-state index in [2.05, 4.69) is 0 Å². The van der Waals surface area contributed by atoms with Crippen LogP contribution >= 0.6 is 0 Å². The van der Waals surface area contributed by atoms with Crippen LogP contribution in [-0.2, 0) is 19.1 Å². The molecule has 1 aliphatic carbocycles. The second-order valence-corrected chi connectivity index (χ2v) is 4.97. The Hall–Kier alpha value is -1.65. The lowest BCUT2D eigenvalue weighted by atomic mass is 10.0. The van der Waals surface area contributed by atoms with E-state index in [9.17, 15) is 14.4 Å². The molecule has 1 fully saturated rings. The van der Waals surface area contributed by atoms with Gasteiger partial charge in [0.1, 0.15) is 0 Å². The Balaban J connectivity index is 2.10. The average molecular weight is 251 g/mol. The molecule has 1 aliphatic heterocycles. The van der Waals surface area contributed by atoms with Crippen LogP contribution in [-0.4, -0.2) is 34.8 Å². The fraction of sp³-hybridized carbons (Fsp3) is 0.615. The van der Waals surface area contributed by atoms with Crippen molar-refractivity contribution in [3.05, 3.63) is 12.2 Å². The summed E-state index contributed by atoms with van der Waals surface area (Å²) in [5.74, 6) is -1.33. The number of hydrogen-bond donors (Lipinski definition) is 0. The number of hydrogen-bond acceptors (Lipinski definition) is 4. The van der Waals surface area contributed by atoms with Gasteiger partial charge in [0, 0.05) is 12.2 Å². The van der Waals surface area contributed by atoms with Crippen molar-refractivity contribution in [1.82, 2.24) is 4.90 Å². The standard InChI is InChI=1S/C13H17NO4/c1-8(2)18-13(17)9-4-3-5-10(9)14-11(15)6-7-12(14)16/h6-10H,3-5H2,1-2H3/t9-,10-/m0/s1. The van der Waals surface area contributed by atoms with Gasteiger partial charge >= 0.3 is 5.97 Å². The van der Waals surface area contributed by atoms with Crippen molar-refractivity contribution < 1.29 is 19.1 Å². The zero-order chi connectivity index (χ0) is 13.3. The summed E-state index contributed by atoms with van der Waals surface area (Å²) in [7, 11) is 0. The molecule has 0 bridgehead atoms. The Kier molecular flexibility index (Phi) is 3.50. The molecular formula is C13H17NO4. The van der Waals surface area contributed by atoms with Crippen LogP contribution in [0.3, 0.4) is 0 Å². The minimum atomic E-state index is -0.375. The Morgan fingerprint density at radius 2 is 1.89 bits per heavy atom. The summed E-state index contributed by atoms with van der Waals surface area (Å²) in [4.78, 5) is 36.4. The van der Waals surface area contributed by atoms with Gasteiger partial charge in [-0.3, -0.25) is 19.3 Å². The number of amides is 2. The summed E-state index contributed by atoms with van der Waals surface area (Å²) >= 11 is 0. The zero-order valence-electron chi connectivity index (χ0n) is 10.6. The van der Waals surface area contributed by atoms with Gasteiger partial charge in [0.25, 0.3) is 11.8 Å². The first-order chi connectivity index (χ1) is 8.50. The fourth-order valence-electron chi connectivity index (χ4n) is 2.58. The minimum Gasteiger partial charge on any atom is -0.463 e. The molecule has 0 aromatic heterocycles. The maximum Gasteiger partial charge on any atom is 0.311 e. The summed E-state index contributed by atoms with van der Waals surface area (Å²) in [6.45, 7) is 3.57. The summed E-state index contributed by atoms with van der Waals surface area (Å²) in [6, 6.07) is -0.341. The third-order valence-electron chi connectivity index (χ3n) is 3.31. The molecule has 5 heteroatoms. The van der Waals surface area contributed by atoms with Crippen LogP contribution in [0.2, 0.25) is 0 Å². The van der Waals surface area contributed by atoms with Crippen molar-refractivity contribution in [2.75, 3.05) is 0 Å². The second kappa shape index (κ2) is 4.92. The molecule has 0 spiro atoms. The van der Waals surface area contributed by atoms with E-state index in [0.29, 0.717) is 12.8 Å². The van der Waals surface area contributed by atoms with E-state index in [1.165, 1.54) is 17.1 Å². The molecule has 0 radical (unpaired) electrons. The van der Waals surface area contributed by atoms with Crippen LogP contribution in [0.25, 0.3) is 0 Å². The number of imide groups is 1. The molecule has 0 unspecified atom stereocenters. The highest BCUT2D eigenvalue weighted by Gasteiger charge is 2.43. The maximum atomic E-state index is 11.9. The van der Waals surface area contributed by atoms with Crippen molar-refractivity contribution in [1.29, 1.82) is 0 Å². The molecule has 0 N–H and O–H groups in total. The molecular weight excluding hydrogens is 234 g/mol. The Morgan fingerprint density at radius 1 is 1.28 bits per heavy atom. The topological polar surface area (TPSA) is 63.7 Å². The molecule has 1 saturated carbocycles. The highest BCUT2D eigenvalue weighted by molar-refractivity contribution is 6.13. The van der Waals surface area contributed by atoms with Crippen LogP contribution in [0.4, 0.5) is 0 Å².